The molecule has 0 aromatic carbocycles. The van der Waals surface area contributed by atoms with E-state index in [0.29, 0.717) is 12.3 Å². The van der Waals surface area contributed by atoms with E-state index < -0.39 is 0 Å². The van der Waals surface area contributed by atoms with Gasteiger partial charge in [0.2, 0.25) is 0 Å². The zero-order chi connectivity index (χ0) is 12.3. The lowest BCUT2D eigenvalue weighted by atomic mass is 10.0. The Labute approximate surface area is 97.9 Å². The molecule has 16 heavy (non-hydrogen) atoms. The van der Waals surface area contributed by atoms with Gasteiger partial charge in [-0.25, -0.2) is 9.97 Å². The molecule has 0 aliphatic rings. The van der Waals surface area contributed by atoms with Gasteiger partial charge < -0.3 is 5.11 Å². The van der Waals surface area contributed by atoms with Crippen molar-refractivity contribution in [3.63, 3.8) is 0 Å². The Bertz CT molecular complexity index is 348. The maximum atomic E-state index is 9.84. The van der Waals surface area contributed by atoms with Gasteiger partial charge in [0, 0.05) is 23.7 Å². The lowest BCUT2D eigenvalue weighted by Gasteiger charge is -2.15. The van der Waals surface area contributed by atoms with E-state index in [9.17, 15) is 5.11 Å². The first-order valence-electron chi connectivity index (χ1n) is 5.92. The third-order valence-corrected chi connectivity index (χ3v) is 2.63. The van der Waals surface area contributed by atoms with Crippen molar-refractivity contribution in [2.45, 2.75) is 53.1 Å². The fraction of sp³-hybridized carbons (Fsp3) is 0.692. The molecule has 0 aliphatic heterocycles. The van der Waals surface area contributed by atoms with Crippen LogP contribution in [-0.2, 0) is 6.42 Å². The Hall–Kier alpha value is -0.960. The molecule has 1 N–H and O–H groups in total. The molecule has 1 unspecified atom stereocenters. The minimum absolute atomic E-state index is 0.262. The van der Waals surface area contributed by atoms with Crippen LogP contribution in [0.5, 0.6) is 0 Å². The minimum atomic E-state index is -0.325. The summed E-state index contributed by atoms with van der Waals surface area (Å²) in [6.07, 6.45) is 0.287. The van der Waals surface area contributed by atoms with Gasteiger partial charge in [0.25, 0.3) is 0 Å². The Morgan fingerprint density at radius 2 is 1.81 bits per heavy atom. The van der Waals surface area contributed by atoms with Crippen molar-refractivity contribution in [3.05, 3.63) is 23.3 Å². The predicted molar refractivity (Wildman–Crippen MR) is 65.4 cm³/mol. The zero-order valence-electron chi connectivity index (χ0n) is 10.9. The van der Waals surface area contributed by atoms with Gasteiger partial charge in [0.05, 0.1) is 6.10 Å². The van der Waals surface area contributed by atoms with Crippen molar-refractivity contribution in [1.29, 1.82) is 0 Å². The fourth-order valence-electron chi connectivity index (χ4n) is 1.47. The summed E-state index contributed by atoms with van der Waals surface area (Å²) < 4.78 is 0. The lowest BCUT2D eigenvalue weighted by Crippen LogP contribution is -2.19. The highest BCUT2D eigenvalue weighted by Crippen LogP contribution is 2.13. The third kappa shape index (κ3) is 3.56. The predicted octanol–water partition coefficient (Wildman–Crippen LogP) is 2.47. The van der Waals surface area contributed by atoms with Crippen LogP contribution in [0.25, 0.3) is 0 Å². The second-order valence-electron chi connectivity index (χ2n) is 5.03. The number of aliphatic hydroxyl groups excluding tert-OH is 1. The van der Waals surface area contributed by atoms with Crippen LogP contribution in [0.2, 0.25) is 0 Å². The molecule has 1 heterocycles. The number of aromatic nitrogens is 2. The van der Waals surface area contributed by atoms with E-state index in [4.69, 9.17) is 0 Å². The van der Waals surface area contributed by atoms with E-state index in [1.165, 1.54) is 0 Å². The molecule has 1 rings (SSSR count). The van der Waals surface area contributed by atoms with Gasteiger partial charge in [0.15, 0.2) is 0 Å². The summed E-state index contributed by atoms with van der Waals surface area (Å²) in [5.41, 5.74) is 1.92. The Balaban J connectivity index is 2.88. The molecule has 90 valence electrons. The summed E-state index contributed by atoms with van der Waals surface area (Å²) >= 11 is 0. The zero-order valence-corrected chi connectivity index (χ0v) is 10.9. The molecule has 3 heteroatoms. The van der Waals surface area contributed by atoms with Crippen molar-refractivity contribution < 1.29 is 5.11 Å². The second kappa shape index (κ2) is 5.39. The van der Waals surface area contributed by atoms with Crippen molar-refractivity contribution in [2.75, 3.05) is 0 Å². The highest BCUT2D eigenvalue weighted by molar-refractivity contribution is 5.12. The smallest absolute Gasteiger partial charge is 0.131 e. The molecule has 1 atom stereocenters. The standard InChI is InChI=1S/C13H22N2O/c1-8(2)12(16)7-11-6-10(5)14-13(15-11)9(3)4/h6,8-9,12,16H,7H2,1-5H3. The Morgan fingerprint density at radius 3 is 2.31 bits per heavy atom. The Kier molecular flexibility index (Phi) is 4.42. The maximum absolute atomic E-state index is 9.84. The number of rotatable bonds is 4. The van der Waals surface area contributed by atoms with Crippen LogP contribution >= 0.6 is 0 Å². The topological polar surface area (TPSA) is 46.0 Å². The monoisotopic (exact) mass is 222 g/mol. The molecule has 0 spiro atoms. The number of aryl methyl sites for hydroxylation is 1. The van der Waals surface area contributed by atoms with Crippen LogP contribution in [0.3, 0.4) is 0 Å². The maximum Gasteiger partial charge on any atom is 0.131 e. The first-order chi connectivity index (χ1) is 7.40. The average Bonchev–Trinajstić information content (AvgIpc) is 2.16. The van der Waals surface area contributed by atoms with Gasteiger partial charge in [-0.2, -0.15) is 0 Å². The van der Waals surface area contributed by atoms with Crippen molar-refractivity contribution >= 4 is 0 Å². The van der Waals surface area contributed by atoms with Crippen LogP contribution < -0.4 is 0 Å². The number of aliphatic hydroxyl groups is 1. The SMILES string of the molecule is Cc1cc(CC(O)C(C)C)nc(C(C)C)n1. The van der Waals surface area contributed by atoms with E-state index in [1.807, 2.05) is 26.8 Å². The summed E-state index contributed by atoms with van der Waals surface area (Å²) in [5, 5.41) is 9.84. The first-order valence-corrected chi connectivity index (χ1v) is 5.92. The molecule has 0 aliphatic carbocycles. The molecular weight excluding hydrogens is 200 g/mol. The summed E-state index contributed by atoms with van der Waals surface area (Å²) in [4.78, 5) is 8.88. The largest absolute Gasteiger partial charge is 0.392 e. The van der Waals surface area contributed by atoms with Gasteiger partial charge in [0.1, 0.15) is 5.82 Å². The van der Waals surface area contributed by atoms with Crippen LogP contribution in [0, 0.1) is 12.8 Å². The normalized spacial score (nSPS) is 13.5. The van der Waals surface area contributed by atoms with Gasteiger partial charge in [-0.05, 0) is 18.9 Å². The van der Waals surface area contributed by atoms with Gasteiger partial charge in [-0.3, -0.25) is 0 Å². The number of nitrogens with zero attached hydrogens (tertiary/aromatic N) is 2. The van der Waals surface area contributed by atoms with E-state index in [0.717, 1.165) is 17.2 Å². The molecule has 0 bridgehead atoms. The van der Waals surface area contributed by atoms with Crippen molar-refractivity contribution in [2.24, 2.45) is 5.92 Å². The lowest BCUT2D eigenvalue weighted by molar-refractivity contribution is 0.124. The first kappa shape index (κ1) is 13.1. The molecule has 0 fully saturated rings. The molecular formula is C13H22N2O. The molecule has 1 aromatic rings. The summed E-state index contributed by atoms with van der Waals surface area (Å²) in [7, 11) is 0. The quantitative estimate of drug-likeness (QED) is 0.851. The second-order valence-corrected chi connectivity index (χ2v) is 5.03. The summed E-state index contributed by atoms with van der Waals surface area (Å²) in [6.45, 7) is 10.2. The van der Waals surface area contributed by atoms with Gasteiger partial charge >= 0.3 is 0 Å². The van der Waals surface area contributed by atoms with Gasteiger partial charge in [-0.1, -0.05) is 27.7 Å². The Morgan fingerprint density at radius 1 is 1.19 bits per heavy atom. The van der Waals surface area contributed by atoms with Crippen LogP contribution in [0.1, 0.15) is 50.8 Å². The minimum Gasteiger partial charge on any atom is -0.392 e. The molecule has 0 amide bonds. The van der Waals surface area contributed by atoms with E-state index in [2.05, 4.69) is 23.8 Å². The highest BCUT2D eigenvalue weighted by atomic mass is 16.3. The van der Waals surface area contributed by atoms with Crippen molar-refractivity contribution in [3.8, 4) is 0 Å². The fourth-order valence-corrected chi connectivity index (χ4v) is 1.47. The van der Waals surface area contributed by atoms with E-state index in [-0.39, 0.29) is 12.0 Å². The van der Waals surface area contributed by atoms with Gasteiger partial charge in [-0.15, -0.1) is 0 Å². The van der Waals surface area contributed by atoms with E-state index in [1.54, 1.807) is 0 Å². The molecule has 0 saturated carbocycles. The summed E-state index contributed by atoms with van der Waals surface area (Å²) in [5.74, 6) is 1.46. The molecule has 0 radical (unpaired) electrons. The average molecular weight is 222 g/mol. The number of hydrogen-bond donors (Lipinski definition) is 1. The van der Waals surface area contributed by atoms with Crippen LogP contribution in [-0.4, -0.2) is 21.2 Å². The molecule has 1 aromatic heterocycles. The third-order valence-electron chi connectivity index (χ3n) is 2.63. The van der Waals surface area contributed by atoms with Crippen molar-refractivity contribution in [1.82, 2.24) is 9.97 Å². The van der Waals surface area contributed by atoms with Crippen LogP contribution in [0.4, 0.5) is 0 Å². The highest BCUT2D eigenvalue weighted by Gasteiger charge is 2.13. The number of hydrogen-bond acceptors (Lipinski definition) is 3. The van der Waals surface area contributed by atoms with Crippen LogP contribution in [0.15, 0.2) is 6.07 Å². The van der Waals surface area contributed by atoms with E-state index >= 15 is 0 Å². The molecule has 3 nitrogen and oxygen atoms in total. The molecule has 0 saturated heterocycles. The summed E-state index contributed by atoms with van der Waals surface area (Å²) in [6, 6.07) is 1.96.